The van der Waals surface area contributed by atoms with Crippen LogP contribution in [0.1, 0.15) is 52.5 Å². The van der Waals surface area contributed by atoms with Crippen molar-refractivity contribution in [3.63, 3.8) is 0 Å². The van der Waals surface area contributed by atoms with Crippen LogP contribution in [0.5, 0.6) is 0 Å². The highest BCUT2D eigenvalue weighted by molar-refractivity contribution is 5.87. The molecule has 3 aliphatic rings. The van der Waals surface area contributed by atoms with Gasteiger partial charge in [0.1, 0.15) is 30.0 Å². The summed E-state index contributed by atoms with van der Waals surface area (Å²) in [7, 11) is 0. The van der Waals surface area contributed by atoms with Gasteiger partial charge >= 0.3 is 11.9 Å². The molecule has 4 rings (SSSR count). The largest absolute Gasteiger partial charge is 0.457 e. The first-order valence-electron chi connectivity index (χ1n) is 11.7. The Balaban J connectivity index is 1.65. The van der Waals surface area contributed by atoms with Crippen molar-refractivity contribution in [1.82, 2.24) is 0 Å². The molecule has 2 heterocycles. The second-order valence-corrected chi connectivity index (χ2v) is 10.1. The molecule has 0 amide bonds. The molecule has 3 fully saturated rings. The van der Waals surface area contributed by atoms with E-state index >= 15 is 0 Å². The monoisotopic (exact) mass is 442 g/mol. The van der Waals surface area contributed by atoms with E-state index in [1.54, 1.807) is 6.08 Å². The first-order valence-corrected chi connectivity index (χ1v) is 11.7. The number of hydrogen-bond donors (Lipinski definition) is 1. The lowest BCUT2D eigenvalue weighted by molar-refractivity contribution is -0.264. The van der Waals surface area contributed by atoms with Crippen molar-refractivity contribution in [3.05, 3.63) is 42.0 Å². The number of hydrogen-bond acceptors (Lipinski definition) is 6. The van der Waals surface area contributed by atoms with E-state index in [-0.39, 0.29) is 23.7 Å². The number of carbonyl (C=O) groups excluding carboxylic acids is 2. The Hall–Kier alpha value is -2.18. The van der Waals surface area contributed by atoms with Gasteiger partial charge in [0.25, 0.3) is 0 Å². The molecule has 2 aliphatic heterocycles. The van der Waals surface area contributed by atoms with Gasteiger partial charge in [0.15, 0.2) is 0 Å². The molecular weight excluding hydrogens is 408 g/mol. The molecule has 32 heavy (non-hydrogen) atoms. The average molecular weight is 443 g/mol. The maximum Gasteiger partial charge on any atom is 0.332 e. The molecule has 7 atom stereocenters. The third-order valence-electron chi connectivity index (χ3n) is 8.01. The van der Waals surface area contributed by atoms with Crippen LogP contribution in [0.3, 0.4) is 0 Å². The lowest BCUT2D eigenvalue weighted by atomic mass is 9.69. The van der Waals surface area contributed by atoms with Crippen molar-refractivity contribution in [2.24, 2.45) is 23.7 Å². The van der Waals surface area contributed by atoms with Gasteiger partial charge < -0.3 is 19.3 Å². The minimum Gasteiger partial charge on any atom is -0.457 e. The fourth-order valence-electron chi connectivity index (χ4n) is 6.33. The Kier molecular flexibility index (Phi) is 6.21. The van der Waals surface area contributed by atoms with E-state index in [0.29, 0.717) is 12.3 Å². The summed E-state index contributed by atoms with van der Waals surface area (Å²) in [5.41, 5.74) is -0.474. The van der Waals surface area contributed by atoms with Crippen LogP contribution in [0, 0.1) is 23.7 Å². The minimum absolute atomic E-state index is 0.0457. The van der Waals surface area contributed by atoms with E-state index in [9.17, 15) is 14.7 Å². The van der Waals surface area contributed by atoms with Gasteiger partial charge in [-0.05, 0) is 49.2 Å². The third kappa shape index (κ3) is 3.77. The Bertz CT molecular complexity index is 880. The first kappa shape index (κ1) is 23.0. The Morgan fingerprint density at radius 2 is 1.94 bits per heavy atom. The maximum atomic E-state index is 12.9. The molecule has 1 N–H and O–H groups in total. The molecule has 0 aromatic heterocycles. The summed E-state index contributed by atoms with van der Waals surface area (Å²) in [4.78, 5) is 24.9. The number of rotatable bonds is 6. The SMILES string of the molecule is CC1CCC2C1C(OC(=O)/C=C/c1ccccc1)C1(C(C)C)CC(OC(=O)CO)C2(C)O1. The second kappa shape index (κ2) is 8.64. The van der Waals surface area contributed by atoms with E-state index in [4.69, 9.17) is 14.2 Å². The lowest BCUT2D eigenvalue weighted by Crippen LogP contribution is -2.62. The first-order chi connectivity index (χ1) is 15.2. The van der Waals surface area contributed by atoms with E-state index < -0.39 is 36.0 Å². The number of carbonyl (C=O) groups is 2. The Morgan fingerprint density at radius 1 is 1.22 bits per heavy atom. The molecule has 1 saturated carbocycles. The number of aliphatic hydroxyl groups excluding tert-OH is 1. The number of aliphatic hydroxyl groups is 1. The molecule has 6 heteroatoms. The van der Waals surface area contributed by atoms with Crippen molar-refractivity contribution in [2.45, 2.75) is 70.4 Å². The number of benzene rings is 1. The van der Waals surface area contributed by atoms with E-state index in [1.807, 2.05) is 37.3 Å². The highest BCUT2D eigenvalue weighted by atomic mass is 16.6. The van der Waals surface area contributed by atoms with Gasteiger partial charge in [0.05, 0.1) is 0 Å². The van der Waals surface area contributed by atoms with Crippen molar-refractivity contribution in [1.29, 1.82) is 0 Å². The van der Waals surface area contributed by atoms with Crippen molar-refractivity contribution < 1.29 is 28.9 Å². The van der Waals surface area contributed by atoms with Gasteiger partial charge in [-0.15, -0.1) is 0 Å². The normalized spacial score (nSPS) is 38.1. The summed E-state index contributed by atoms with van der Waals surface area (Å²) >= 11 is 0. The van der Waals surface area contributed by atoms with Gasteiger partial charge in [-0.3, -0.25) is 0 Å². The molecule has 1 aliphatic carbocycles. The van der Waals surface area contributed by atoms with E-state index in [1.165, 1.54) is 6.08 Å². The smallest absolute Gasteiger partial charge is 0.332 e. The zero-order chi connectivity index (χ0) is 23.1. The summed E-state index contributed by atoms with van der Waals surface area (Å²) < 4.78 is 18.6. The lowest BCUT2D eigenvalue weighted by Gasteiger charge is -2.52. The van der Waals surface area contributed by atoms with Gasteiger partial charge in [-0.2, -0.15) is 0 Å². The van der Waals surface area contributed by atoms with Gasteiger partial charge in [0.2, 0.25) is 0 Å². The third-order valence-corrected chi connectivity index (χ3v) is 8.01. The van der Waals surface area contributed by atoms with Crippen molar-refractivity contribution >= 4 is 18.0 Å². The highest BCUT2D eigenvalue weighted by Crippen LogP contribution is 2.63. The second-order valence-electron chi connectivity index (χ2n) is 10.1. The average Bonchev–Trinajstić information content (AvgIpc) is 3.28. The molecule has 1 aromatic carbocycles. The predicted octanol–water partition coefficient (Wildman–Crippen LogP) is 3.77. The van der Waals surface area contributed by atoms with Crippen LogP contribution in [0.25, 0.3) is 6.08 Å². The Morgan fingerprint density at radius 3 is 2.59 bits per heavy atom. The topological polar surface area (TPSA) is 82.1 Å². The molecule has 0 radical (unpaired) electrons. The predicted molar refractivity (Wildman–Crippen MR) is 119 cm³/mol. The minimum atomic E-state index is -0.745. The van der Waals surface area contributed by atoms with Crippen LogP contribution in [0.15, 0.2) is 36.4 Å². The van der Waals surface area contributed by atoms with Gasteiger partial charge in [-0.1, -0.05) is 51.1 Å². The van der Waals surface area contributed by atoms with Crippen molar-refractivity contribution in [3.8, 4) is 0 Å². The van der Waals surface area contributed by atoms with Crippen molar-refractivity contribution in [2.75, 3.05) is 6.61 Å². The van der Waals surface area contributed by atoms with Crippen LogP contribution in [0.2, 0.25) is 0 Å². The summed E-state index contributed by atoms with van der Waals surface area (Å²) in [5, 5.41) is 9.25. The molecule has 2 saturated heterocycles. The van der Waals surface area contributed by atoms with Crippen LogP contribution in [-0.2, 0) is 23.8 Å². The fourth-order valence-corrected chi connectivity index (χ4v) is 6.33. The number of esters is 2. The molecule has 7 unspecified atom stereocenters. The summed E-state index contributed by atoms with van der Waals surface area (Å²) in [6.07, 6.45) is 4.72. The van der Waals surface area contributed by atoms with Crippen LogP contribution < -0.4 is 0 Å². The zero-order valence-corrected chi connectivity index (χ0v) is 19.3. The molecular formula is C26H34O6. The Labute approximate surface area is 189 Å². The summed E-state index contributed by atoms with van der Waals surface area (Å²) in [5.74, 6) is -0.385. The van der Waals surface area contributed by atoms with Crippen LogP contribution in [-0.4, -0.2) is 47.1 Å². The molecule has 2 bridgehead atoms. The molecule has 174 valence electrons. The standard InChI is InChI=1S/C26H34O6/c1-16(2)26-14-20(30-22(29)15-27)25(4,32-26)19-12-10-17(3)23(19)24(26)31-21(28)13-11-18-8-6-5-7-9-18/h5-9,11,13,16-17,19-20,23-24,27H,10,12,14-15H2,1-4H3/b13-11+. The highest BCUT2D eigenvalue weighted by Gasteiger charge is 2.72. The van der Waals surface area contributed by atoms with E-state index in [0.717, 1.165) is 18.4 Å². The molecule has 6 nitrogen and oxygen atoms in total. The summed E-state index contributed by atoms with van der Waals surface area (Å²) in [6.45, 7) is 7.71. The van der Waals surface area contributed by atoms with Gasteiger partial charge in [-0.25, -0.2) is 9.59 Å². The summed E-state index contributed by atoms with van der Waals surface area (Å²) in [6, 6.07) is 9.64. The van der Waals surface area contributed by atoms with Gasteiger partial charge in [0, 0.05) is 18.4 Å². The maximum absolute atomic E-state index is 12.9. The quantitative estimate of drug-likeness (QED) is 0.534. The van der Waals surface area contributed by atoms with Crippen LogP contribution in [0.4, 0.5) is 0 Å². The zero-order valence-electron chi connectivity index (χ0n) is 19.3. The molecule has 1 aromatic rings. The number of ether oxygens (including phenoxy) is 3. The fraction of sp³-hybridized carbons (Fsp3) is 0.615. The number of fused-ring (bicyclic) bond motifs is 4. The molecule has 0 spiro atoms. The van der Waals surface area contributed by atoms with E-state index in [2.05, 4.69) is 20.8 Å². The van der Waals surface area contributed by atoms with Crippen LogP contribution >= 0.6 is 0 Å².